The number of carbonyl (C=O) groups excluding carboxylic acids is 1. The lowest BCUT2D eigenvalue weighted by molar-refractivity contribution is -0.127. The Hall–Kier alpha value is -0.323. The third-order valence-electron chi connectivity index (χ3n) is 4.36. The van der Waals surface area contributed by atoms with Gasteiger partial charge in [-0.25, -0.2) is 4.57 Å². The van der Waals surface area contributed by atoms with Gasteiger partial charge < -0.3 is 29.4 Å². The van der Waals surface area contributed by atoms with E-state index in [4.69, 9.17) is 18.9 Å². The molecule has 1 aliphatic rings. The van der Waals surface area contributed by atoms with E-state index >= 15 is 0 Å². The zero-order valence-electron chi connectivity index (χ0n) is 14.8. The number of hydrogen-bond donors (Lipinski definition) is 4. The monoisotopic (exact) mass is 385 g/mol. The highest BCUT2D eigenvalue weighted by Crippen LogP contribution is 2.41. The molecule has 1 rings (SSSR count). The van der Waals surface area contributed by atoms with Gasteiger partial charge in [-0.1, -0.05) is 20.8 Å². The van der Waals surface area contributed by atoms with Crippen molar-refractivity contribution in [2.75, 3.05) is 6.61 Å². The number of rotatable bonds is 6. The highest BCUT2D eigenvalue weighted by atomic mass is 31.2. The quantitative estimate of drug-likeness (QED) is 0.388. The zero-order valence-corrected chi connectivity index (χ0v) is 16.7. The summed E-state index contributed by atoms with van der Waals surface area (Å²) >= 11 is 0. The van der Waals surface area contributed by atoms with Crippen LogP contribution in [-0.2, 0) is 23.0 Å². The molecule has 11 heteroatoms. The molecule has 0 aromatic rings. The van der Waals surface area contributed by atoms with Crippen molar-refractivity contribution in [2.24, 2.45) is 0 Å². The third-order valence-corrected chi connectivity index (χ3v) is 9.31. The van der Waals surface area contributed by atoms with Crippen LogP contribution < -0.4 is 5.32 Å². The lowest BCUT2D eigenvalue weighted by Crippen LogP contribution is -2.54. The highest BCUT2D eigenvalue weighted by Gasteiger charge is 2.50. The van der Waals surface area contributed by atoms with Gasteiger partial charge in [0.2, 0.25) is 5.91 Å². The van der Waals surface area contributed by atoms with Crippen molar-refractivity contribution in [3.05, 3.63) is 0 Å². The molecule has 1 saturated heterocycles. The summed E-state index contributed by atoms with van der Waals surface area (Å²) < 4.78 is 27.0. The summed E-state index contributed by atoms with van der Waals surface area (Å²) in [6.07, 6.45) is -3.05. The number of aliphatic hydroxyl groups excluding tert-OH is 1. The van der Waals surface area contributed by atoms with Gasteiger partial charge in [-0.15, -0.1) is 0 Å². The maximum Gasteiger partial charge on any atom is 0.469 e. The Labute approximate surface area is 143 Å². The molecule has 24 heavy (non-hydrogen) atoms. The predicted molar refractivity (Wildman–Crippen MR) is 88.6 cm³/mol. The smallest absolute Gasteiger partial charge is 0.409 e. The summed E-state index contributed by atoms with van der Waals surface area (Å²) in [5.41, 5.74) is 0. The molecule has 0 unspecified atom stereocenters. The summed E-state index contributed by atoms with van der Waals surface area (Å²) in [6, 6.07) is -0.845. The summed E-state index contributed by atoms with van der Waals surface area (Å²) in [5.74, 6) is -0.372. The molecule has 1 aliphatic heterocycles. The lowest BCUT2D eigenvalue weighted by atomic mass is 10.1. The molecule has 4 atom stereocenters. The van der Waals surface area contributed by atoms with Crippen molar-refractivity contribution < 1.29 is 37.9 Å². The standard InChI is InChI=1S/C13H28NO8PSi/c1-8(15)14-10-11(22-24(5,6)13(2,3)4)9(21-12(10)16)7-20-23(17,18)19/h9-12,16H,7H2,1-6H3,(H,14,15)(H2,17,18,19)/t9-,10-,11-,12-/m1/s1. The molecule has 0 radical (unpaired) electrons. The normalized spacial score (nSPS) is 28.9. The molecule has 142 valence electrons. The summed E-state index contributed by atoms with van der Waals surface area (Å²) in [6.45, 7) is 10.9. The fourth-order valence-corrected chi connectivity index (χ4v) is 3.77. The average molecular weight is 385 g/mol. The van der Waals surface area contributed by atoms with Crippen LogP contribution in [0, 0.1) is 0 Å². The molecular weight excluding hydrogens is 357 g/mol. The second kappa shape index (κ2) is 7.51. The molecule has 9 nitrogen and oxygen atoms in total. The molecule has 0 spiro atoms. The van der Waals surface area contributed by atoms with Gasteiger partial charge in [-0.05, 0) is 18.1 Å². The molecule has 0 aromatic carbocycles. The number of phosphoric ester groups is 1. The number of hydrogen-bond acceptors (Lipinski definition) is 6. The van der Waals surface area contributed by atoms with Gasteiger partial charge in [0.1, 0.15) is 12.1 Å². The minimum Gasteiger partial charge on any atom is -0.409 e. The van der Waals surface area contributed by atoms with Gasteiger partial charge in [0, 0.05) is 6.92 Å². The van der Waals surface area contributed by atoms with E-state index in [1.165, 1.54) is 6.92 Å². The maximum absolute atomic E-state index is 11.4. The van der Waals surface area contributed by atoms with Crippen LogP contribution in [-0.4, -0.2) is 60.3 Å². The number of carbonyl (C=O) groups is 1. The third kappa shape index (κ3) is 5.89. The van der Waals surface area contributed by atoms with Crippen LogP contribution >= 0.6 is 7.82 Å². The van der Waals surface area contributed by atoms with Gasteiger partial charge in [-0.2, -0.15) is 0 Å². The van der Waals surface area contributed by atoms with E-state index < -0.39 is 47.3 Å². The van der Waals surface area contributed by atoms with Crippen molar-refractivity contribution in [3.63, 3.8) is 0 Å². The Bertz CT molecular complexity index is 503. The van der Waals surface area contributed by atoms with Crippen LogP contribution in [0.5, 0.6) is 0 Å². The van der Waals surface area contributed by atoms with Gasteiger partial charge in [0.15, 0.2) is 14.6 Å². The number of ether oxygens (including phenoxy) is 1. The van der Waals surface area contributed by atoms with Crippen molar-refractivity contribution in [1.29, 1.82) is 0 Å². The number of aliphatic hydroxyl groups is 1. The maximum atomic E-state index is 11.4. The van der Waals surface area contributed by atoms with Crippen LogP contribution in [0.3, 0.4) is 0 Å². The molecule has 4 N–H and O–H groups in total. The topological polar surface area (TPSA) is 135 Å². The van der Waals surface area contributed by atoms with E-state index in [0.717, 1.165) is 0 Å². The van der Waals surface area contributed by atoms with Gasteiger partial charge in [0.25, 0.3) is 0 Å². The summed E-state index contributed by atoms with van der Waals surface area (Å²) in [7, 11) is -6.99. The van der Waals surface area contributed by atoms with E-state index in [9.17, 15) is 14.5 Å². The van der Waals surface area contributed by atoms with E-state index in [0.29, 0.717) is 0 Å². The molecule has 1 fully saturated rings. The lowest BCUT2D eigenvalue weighted by Gasteiger charge is -2.40. The Morgan fingerprint density at radius 3 is 2.29 bits per heavy atom. The number of phosphoric acid groups is 1. The highest BCUT2D eigenvalue weighted by molar-refractivity contribution is 7.46. The van der Waals surface area contributed by atoms with Gasteiger partial charge in [-0.3, -0.25) is 9.32 Å². The largest absolute Gasteiger partial charge is 0.469 e. The molecule has 1 heterocycles. The van der Waals surface area contributed by atoms with Crippen LogP contribution in [0.25, 0.3) is 0 Å². The number of amides is 1. The van der Waals surface area contributed by atoms with Crippen LogP contribution in [0.1, 0.15) is 27.7 Å². The fourth-order valence-electron chi connectivity index (χ4n) is 2.09. The molecular formula is C13H28NO8PSi. The minimum absolute atomic E-state index is 0.143. The number of nitrogens with one attached hydrogen (secondary N) is 1. The van der Waals surface area contributed by atoms with Crippen molar-refractivity contribution in [1.82, 2.24) is 5.32 Å². The molecule has 0 aliphatic carbocycles. The van der Waals surface area contributed by atoms with Crippen molar-refractivity contribution in [3.8, 4) is 0 Å². The van der Waals surface area contributed by atoms with Crippen LogP contribution in [0.15, 0.2) is 0 Å². The first-order chi connectivity index (χ1) is 10.6. The Morgan fingerprint density at radius 2 is 1.88 bits per heavy atom. The summed E-state index contributed by atoms with van der Waals surface area (Å²) in [4.78, 5) is 29.1. The fraction of sp³-hybridized carbons (Fsp3) is 0.923. The molecule has 1 amide bonds. The van der Waals surface area contributed by atoms with E-state index in [1.54, 1.807) is 0 Å². The first-order valence-electron chi connectivity index (χ1n) is 7.62. The predicted octanol–water partition coefficient (Wildman–Crippen LogP) is 0.708. The van der Waals surface area contributed by atoms with E-state index in [-0.39, 0.29) is 10.9 Å². The first-order valence-corrected chi connectivity index (χ1v) is 12.1. The van der Waals surface area contributed by atoms with Crippen molar-refractivity contribution >= 4 is 22.0 Å². The second-order valence-corrected chi connectivity index (χ2v) is 13.4. The molecule has 0 bridgehead atoms. The SMILES string of the molecule is CC(=O)N[C@@H]1[C@H](O[Si](C)(C)C(C)(C)C)[C@@H](COP(=O)(O)O)O[C@H]1O. The summed E-state index contributed by atoms with van der Waals surface area (Å²) in [5, 5.41) is 12.5. The minimum atomic E-state index is -4.69. The first kappa shape index (κ1) is 21.7. The Morgan fingerprint density at radius 1 is 1.33 bits per heavy atom. The Balaban J connectivity index is 3.01. The van der Waals surface area contributed by atoms with Gasteiger partial charge >= 0.3 is 7.82 Å². The second-order valence-electron chi connectivity index (χ2n) is 7.42. The zero-order chi connectivity index (χ0) is 18.9. The van der Waals surface area contributed by atoms with Crippen molar-refractivity contribution in [2.45, 2.75) is 70.4 Å². The molecule has 0 saturated carbocycles. The van der Waals surface area contributed by atoms with Crippen LogP contribution in [0.2, 0.25) is 18.1 Å². The van der Waals surface area contributed by atoms with E-state index in [2.05, 4.69) is 9.84 Å². The molecule has 0 aromatic heterocycles. The van der Waals surface area contributed by atoms with E-state index in [1.807, 2.05) is 33.9 Å². The van der Waals surface area contributed by atoms with Crippen LogP contribution in [0.4, 0.5) is 0 Å². The Kier molecular flexibility index (Phi) is 6.79. The van der Waals surface area contributed by atoms with Gasteiger partial charge in [0.05, 0.1) is 12.7 Å². The average Bonchev–Trinajstić information content (AvgIpc) is 2.61.